The molecule has 0 aliphatic carbocycles. The summed E-state index contributed by atoms with van der Waals surface area (Å²) in [5.41, 5.74) is 6.12. The number of hydrazine groups is 1. The average molecular weight is 378 g/mol. The molecule has 8 nitrogen and oxygen atoms in total. The van der Waals surface area contributed by atoms with Crippen molar-refractivity contribution in [1.82, 2.24) is 10.9 Å². The van der Waals surface area contributed by atoms with Crippen LogP contribution in [0.4, 0.5) is 5.69 Å². The van der Waals surface area contributed by atoms with Crippen LogP contribution in [0.25, 0.3) is 0 Å². The van der Waals surface area contributed by atoms with Gasteiger partial charge in [-0.3, -0.25) is 30.6 Å². The van der Waals surface area contributed by atoms with Gasteiger partial charge in [0.05, 0.1) is 15.5 Å². The summed E-state index contributed by atoms with van der Waals surface area (Å²) < 4.78 is 5.37. The van der Waals surface area contributed by atoms with Gasteiger partial charge in [-0.15, -0.1) is 0 Å². The molecule has 2 N–H and O–H groups in total. The van der Waals surface area contributed by atoms with Crippen LogP contribution in [0.15, 0.2) is 36.4 Å². The molecule has 0 radical (unpaired) electrons. The number of ether oxygens (including phenoxy) is 1. The van der Waals surface area contributed by atoms with Gasteiger partial charge in [-0.25, -0.2) is 0 Å². The van der Waals surface area contributed by atoms with E-state index in [9.17, 15) is 19.7 Å². The summed E-state index contributed by atoms with van der Waals surface area (Å²) >= 11 is 5.85. The van der Waals surface area contributed by atoms with Gasteiger partial charge in [0.1, 0.15) is 5.75 Å². The Balaban J connectivity index is 1.88. The molecule has 0 atom stereocenters. The second kappa shape index (κ2) is 8.30. The Morgan fingerprint density at radius 2 is 1.77 bits per heavy atom. The van der Waals surface area contributed by atoms with E-state index in [2.05, 4.69) is 10.9 Å². The lowest BCUT2D eigenvalue weighted by Crippen LogP contribution is -2.43. The molecule has 0 aliphatic rings. The Hall–Kier alpha value is -3.13. The molecule has 9 heteroatoms. The van der Waals surface area contributed by atoms with Gasteiger partial charge < -0.3 is 4.74 Å². The van der Waals surface area contributed by atoms with Gasteiger partial charge >= 0.3 is 0 Å². The molecule has 0 spiro atoms. The van der Waals surface area contributed by atoms with E-state index < -0.39 is 16.7 Å². The second-order valence-electron chi connectivity index (χ2n) is 5.54. The van der Waals surface area contributed by atoms with E-state index in [-0.39, 0.29) is 22.9 Å². The number of nitro benzene ring substituents is 1. The number of rotatable bonds is 5. The van der Waals surface area contributed by atoms with Crippen LogP contribution in [0, 0.1) is 24.0 Å². The van der Waals surface area contributed by atoms with Crippen molar-refractivity contribution in [3.8, 4) is 5.75 Å². The minimum atomic E-state index is -0.704. The van der Waals surface area contributed by atoms with Crippen molar-refractivity contribution in [2.45, 2.75) is 13.8 Å². The number of carbonyl (C=O) groups is 2. The lowest BCUT2D eigenvalue weighted by Gasteiger charge is -2.10. The highest BCUT2D eigenvalue weighted by molar-refractivity contribution is 6.34. The molecule has 2 aromatic rings. The van der Waals surface area contributed by atoms with E-state index in [4.69, 9.17) is 16.3 Å². The first kappa shape index (κ1) is 19.2. The Bertz CT molecular complexity index is 849. The predicted molar refractivity (Wildman–Crippen MR) is 95.1 cm³/mol. The van der Waals surface area contributed by atoms with Crippen LogP contribution in [0.1, 0.15) is 21.5 Å². The van der Waals surface area contributed by atoms with Crippen LogP contribution in [-0.2, 0) is 4.79 Å². The van der Waals surface area contributed by atoms with Gasteiger partial charge in [0.2, 0.25) is 0 Å². The first-order valence-electron chi connectivity index (χ1n) is 7.50. The SMILES string of the molecule is Cc1cc(C)cc(OCC(=O)NNC(=O)c2ccc([N+](=O)[O-])cc2Cl)c1. The maximum Gasteiger partial charge on any atom is 0.276 e. The third-order valence-corrected chi connectivity index (χ3v) is 3.60. The highest BCUT2D eigenvalue weighted by Crippen LogP contribution is 2.22. The molecule has 0 saturated carbocycles. The number of nitrogens with one attached hydrogen (secondary N) is 2. The van der Waals surface area contributed by atoms with Crippen molar-refractivity contribution in [2.75, 3.05) is 6.61 Å². The molecule has 26 heavy (non-hydrogen) atoms. The molecule has 136 valence electrons. The molecule has 0 aromatic heterocycles. The summed E-state index contributed by atoms with van der Waals surface area (Å²) in [6, 6.07) is 8.95. The first-order valence-corrected chi connectivity index (χ1v) is 7.88. The Morgan fingerprint density at radius 3 is 2.35 bits per heavy atom. The molecule has 0 saturated heterocycles. The zero-order valence-electron chi connectivity index (χ0n) is 14.0. The third kappa shape index (κ3) is 5.18. The molecule has 0 fully saturated rings. The Morgan fingerprint density at radius 1 is 1.12 bits per heavy atom. The smallest absolute Gasteiger partial charge is 0.276 e. The largest absolute Gasteiger partial charge is 0.484 e. The van der Waals surface area contributed by atoms with Gasteiger partial charge in [0.15, 0.2) is 6.61 Å². The molecular formula is C17H16ClN3O5. The number of hydrogen-bond donors (Lipinski definition) is 2. The van der Waals surface area contributed by atoms with E-state index in [1.54, 1.807) is 12.1 Å². The van der Waals surface area contributed by atoms with Crippen LogP contribution in [0.2, 0.25) is 5.02 Å². The molecule has 2 aromatic carbocycles. The minimum absolute atomic E-state index is 0.00667. The van der Waals surface area contributed by atoms with E-state index in [0.717, 1.165) is 23.3 Å². The fraction of sp³-hybridized carbons (Fsp3) is 0.176. The zero-order chi connectivity index (χ0) is 19.3. The highest BCUT2D eigenvalue weighted by Gasteiger charge is 2.15. The number of nitrogens with zero attached hydrogens (tertiary/aromatic N) is 1. The molecule has 2 rings (SSSR count). The average Bonchev–Trinajstić information content (AvgIpc) is 2.56. The van der Waals surface area contributed by atoms with Crippen molar-refractivity contribution < 1.29 is 19.2 Å². The summed E-state index contributed by atoms with van der Waals surface area (Å²) in [6.45, 7) is 3.53. The normalized spacial score (nSPS) is 10.1. The van der Waals surface area contributed by atoms with Crippen molar-refractivity contribution in [1.29, 1.82) is 0 Å². The maximum atomic E-state index is 12.0. The molecule has 2 amide bonds. The van der Waals surface area contributed by atoms with Crippen molar-refractivity contribution >= 4 is 29.1 Å². The molecule has 0 bridgehead atoms. The first-order chi connectivity index (χ1) is 12.3. The monoisotopic (exact) mass is 377 g/mol. The summed E-state index contributed by atoms with van der Waals surface area (Å²) in [5, 5.41) is 10.6. The fourth-order valence-electron chi connectivity index (χ4n) is 2.20. The second-order valence-corrected chi connectivity index (χ2v) is 5.94. The van der Waals surface area contributed by atoms with Crippen molar-refractivity contribution in [3.63, 3.8) is 0 Å². The number of nitro groups is 1. The lowest BCUT2D eigenvalue weighted by atomic mass is 10.1. The zero-order valence-corrected chi connectivity index (χ0v) is 14.8. The van der Waals surface area contributed by atoms with Gasteiger partial charge in [-0.2, -0.15) is 0 Å². The number of amides is 2. The fourth-order valence-corrected chi connectivity index (χ4v) is 2.46. The van der Waals surface area contributed by atoms with Crippen LogP contribution < -0.4 is 15.6 Å². The number of halogens is 1. The van der Waals surface area contributed by atoms with Crippen LogP contribution in [-0.4, -0.2) is 23.3 Å². The van der Waals surface area contributed by atoms with Crippen molar-refractivity contribution in [3.05, 3.63) is 68.2 Å². The standard InChI is InChI=1S/C17H16ClN3O5/c1-10-5-11(2)7-13(6-10)26-9-16(22)19-20-17(23)14-4-3-12(21(24)25)8-15(14)18/h3-8H,9H2,1-2H3,(H,19,22)(H,20,23). The number of non-ortho nitro benzene ring substituents is 1. The number of aryl methyl sites for hydroxylation is 2. The van der Waals surface area contributed by atoms with E-state index in [1.165, 1.54) is 6.07 Å². The highest BCUT2D eigenvalue weighted by atomic mass is 35.5. The molecule has 0 unspecified atom stereocenters. The Kier molecular flexibility index (Phi) is 6.13. The van der Waals surface area contributed by atoms with E-state index in [1.807, 2.05) is 19.9 Å². The quantitative estimate of drug-likeness (QED) is 0.614. The summed E-state index contributed by atoms with van der Waals surface area (Å²) in [4.78, 5) is 33.8. The number of benzene rings is 2. The van der Waals surface area contributed by atoms with Gasteiger partial charge in [0, 0.05) is 12.1 Å². The molecule has 0 aliphatic heterocycles. The van der Waals surface area contributed by atoms with Crippen LogP contribution in [0.5, 0.6) is 5.75 Å². The Labute approximate surface area is 154 Å². The van der Waals surface area contributed by atoms with Gasteiger partial charge in [-0.1, -0.05) is 17.7 Å². The van der Waals surface area contributed by atoms with Gasteiger partial charge in [0.25, 0.3) is 17.5 Å². The minimum Gasteiger partial charge on any atom is -0.484 e. The summed E-state index contributed by atoms with van der Waals surface area (Å²) in [5.74, 6) is -0.734. The van der Waals surface area contributed by atoms with Crippen molar-refractivity contribution in [2.24, 2.45) is 0 Å². The third-order valence-electron chi connectivity index (χ3n) is 3.29. The maximum absolute atomic E-state index is 12.0. The van der Waals surface area contributed by atoms with E-state index >= 15 is 0 Å². The topological polar surface area (TPSA) is 111 Å². The number of hydrogen-bond acceptors (Lipinski definition) is 5. The lowest BCUT2D eigenvalue weighted by molar-refractivity contribution is -0.384. The predicted octanol–water partition coefficient (Wildman–Crippen LogP) is 2.71. The van der Waals surface area contributed by atoms with E-state index in [0.29, 0.717) is 5.75 Å². The molecule has 0 heterocycles. The summed E-state index contributed by atoms with van der Waals surface area (Å²) in [7, 11) is 0. The summed E-state index contributed by atoms with van der Waals surface area (Å²) in [6.07, 6.45) is 0. The van der Waals surface area contributed by atoms with Crippen LogP contribution in [0.3, 0.4) is 0 Å². The molecular weight excluding hydrogens is 362 g/mol. The van der Waals surface area contributed by atoms with Gasteiger partial charge in [-0.05, 0) is 43.2 Å². The number of carbonyl (C=O) groups excluding carboxylic acids is 2. The van der Waals surface area contributed by atoms with Crippen LogP contribution >= 0.6 is 11.6 Å².